The van der Waals surface area contributed by atoms with Crippen LogP contribution in [0.15, 0.2) is 71.2 Å². The number of carbonyl (C=O) groups is 1. The molecule has 0 spiro atoms. The summed E-state index contributed by atoms with van der Waals surface area (Å²) in [7, 11) is 0. The molecule has 0 radical (unpaired) electrons. The van der Waals surface area contributed by atoms with Crippen molar-refractivity contribution in [3.63, 3.8) is 0 Å². The number of thiophene rings is 1. The van der Waals surface area contributed by atoms with E-state index in [0.29, 0.717) is 24.1 Å². The maximum atomic E-state index is 12.7. The van der Waals surface area contributed by atoms with Crippen molar-refractivity contribution in [2.24, 2.45) is 0 Å². The number of aromatic nitrogens is 3. The zero-order chi connectivity index (χ0) is 22.6. The summed E-state index contributed by atoms with van der Waals surface area (Å²) in [6.45, 7) is 3.04. The Kier molecular flexibility index (Phi) is 6.32. The smallest absolute Gasteiger partial charge is 0.230 e. The molecule has 33 heavy (non-hydrogen) atoms. The van der Waals surface area contributed by atoms with Crippen molar-refractivity contribution in [1.82, 2.24) is 20.1 Å². The Labute approximate surface area is 199 Å². The molecule has 5 rings (SSSR count). The molecule has 0 aliphatic carbocycles. The molecular weight excluding hydrogens is 456 g/mol. The number of carbonyl (C=O) groups excluding carboxylic acids is 1. The van der Waals surface area contributed by atoms with E-state index < -0.39 is 0 Å². The number of hydrogen-bond donors (Lipinski definition) is 1. The lowest BCUT2D eigenvalue weighted by atomic mass is 10.1. The molecule has 4 aromatic rings. The van der Waals surface area contributed by atoms with Gasteiger partial charge in [0.05, 0.1) is 16.7 Å². The molecule has 1 N–H and O–H groups in total. The van der Waals surface area contributed by atoms with Crippen LogP contribution in [0.2, 0.25) is 0 Å². The number of rotatable bonds is 7. The summed E-state index contributed by atoms with van der Waals surface area (Å²) in [6, 6.07) is 19.5. The number of fused-ring (bicyclic) bond motifs is 1. The van der Waals surface area contributed by atoms with Crippen LogP contribution in [0, 0.1) is 0 Å². The van der Waals surface area contributed by atoms with Crippen LogP contribution in [0.25, 0.3) is 16.4 Å². The van der Waals surface area contributed by atoms with Crippen molar-refractivity contribution in [1.29, 1.82) is 0 Å². The third-order valence-corrected chi connectivity index (χ3v) is 6.96. The first kappa shape index (κ1) is 21.5. The van der Waals surface area contributed by atoms with Gasteiger partial charge in [-0.25, -0.2) is 0 Å². The van der Waals surface area contributed by atoms with Gasteiger partial charge in [0.15, 0.2) is 22.5 Å². The van der Waals surface area contributed by atoms with Crippen molar-refractivity contribution < 1.29 is 14.3 Å². The Morgan fingerprint density at radius 3 is 2.70 bits per heavy atom. The molecule has 1 amide bonds. The second-order valence-corrected chi connectivity index (χ2v) is 9.33. The Hall–Kier alpha value is -3.30. The fourth-order valence-electron chi connectivity index (χ4n) is 3.56. The molecule has 1 atom stereocenters. The summed E-state index contributed by atoms with van der Waals surface area (Å²) in [6.07, 6.45) is 0. The first-order valence-corrected chi connectivity index (χ1v) is 12.4. The van der Waals surface area contributed by atoms with Gasteiger partial charge in [-0.2, -0.15) is 0 Å². The normalized spacial score (nSPS) is 13.5. The van der Waals surface area contributed by atoms with Crippen LogP contribution in [0.5, 0.6) is 11.5 Å². The summed E-state index contributed by atoms with van der Waals surface area (Å²) in [5, 5.41) is 14.5. The van der Waals surface area contributed by atoms with Crippen molar-refractivity contribution in [3.8, 4) is 27.9 Å². The summed E-state index contributed by atoms with van der Waals surface area (Å²) < 4.78 is 13.2. The van der Waals surface area contributed by atoms with Gasteiger partial charge in [0.1, 0.15) is 13.2 Å². The molecule has 0 bridgehead atoms. The monoisotopic (exact) mass is 478 g/mol. The Balaban J connectivity index is 1.29. The van der Waals surface area contributed by atoms with E-state index in [0.717, 1.165) is 27.7 Å². The minimum Gasteiger partial charge on any atom is -0.486 e. The molecule has 0 fully saturated rings. The predicted octanol–water partition coefficient (Wildman–Crippen LogP) is 4.74. The van der Waals surface area contributed by atoms with Gasteiger partial charge in [-0.05, 0) is 48.2 Å². The highest BCUT2D eigenvalue weighted by atomic mass is 32.2. The summed E-state index contributed by atoms with van der Waals surface area (Å²) in [5.41, 5.74) is 1.92. The minimum atomic E-state index is -0.164. The first-order valence-electron chi connectivity index (χ1n) is 10.6. The number of para-hydroxylation sites is 1. The van der Waals surface area contributed by atoms with Gasteiger partial charge < -0.3 is 14.8 Å². The van der Waals surface area contributed by atoms with Crippen LogP contribution >= 0.6 is 23.1 Å². The van der Waals surface area contributed by atoms with Gasteiger partial charge in [-0.3, -0.25) is 9.36 Å². The third-order valence-electron chi connectivity index (χ3n) is 5.17. The van der Waals surface area contributed by atoms with E-state index in [-0.39, 0.29) is 17.7 Å². The number of nitrogens with zero attached hydrogens (tertiary/aromatic N) is 3. The first-order chi connectivity index (χ1) is 16.2. The van der Waals surface area contributed by atoms with Crippen molar-refractivity contribution in [2.45, 2.75) is 18.1 Å². The minimum absolute atomic E-state index is 0.0809. The van der Waals surface area contributed by atoms with E-state index in [1.165, 1.54) is 11.8 Å². The van der Waals surface area contributed by atoms with E-state index in [4.69, 9.17) is 9.47 Å². The van der Waals surface area contributed by atoms with Crippen LogP contribution in [0.4, 0.5) is 0 Å². The van der Waals surface area contributed by atoms with Gasteiger partial charge >= 0.3 is 0 Å². The van der Waals surface area contributed by atoms with E-state index in [9.17, 15) is 4.79 Å². The number of thioether (sulfide) groups is 1. The van der Waals surface area contributed by atoms with Gasteiger partial charge in [-0.15, -0.1) is 21.5 Å². The molecule has 0 saturated carbocycles. The fourth-order valence-corrected chi connectivity index (χ4v) is 5.03. The SMILES string of the molecule is C[C@H](NC(=O)CSc1nnc(-c2cccs2)n1-c1ccccc1)c1ccc2c(c1)OCCO2. The molecule has 2 aromatic heterocycles. The number of benzene rings is 2. The Bertz CT molecular complexity index is 1240. The molecule has 9 heteroatoms. The van der Waals surface area contributed by atoms with E-state index in [1.54, 1.807) is 11.3 Å². The summed E-state index contributed by atoms with van der Waals surface area (Å²) in [4.78, 5) is 13.8. The molecular formula is C24H22N4O3S2. The number of ether oxygens (including phenoxy) is 2. The maximum absolute atomic E-state index is 12.7. The largest absolute Gasteiger partial charge is 0.486 e. The van der Waals surface area contributed by atoms with Crippen molar-refractivity contribution >= 4 is 29.0 Å². The highest BCUT2D eigenvalue weighted by Gasteiger charge is 2.19. The molecule has 1 aliphatic rings. The summed E-state index contributed by atoms with van der Waals surface area (Å²) in [5.74, 6) is 2.36. The van der Waals surface area contributed by atoms with E-state index in [2.05, 4.69) is 15.5 Å². The lowest BCUT2D eigenvalue weighted by molar-refractivity contribution is -0.119. The van der Waals surface area contributed by atoms with Gasteiger partial charge in [-0.1, -0.05) is 42.1 Å². The van der Waals surface area contributed by atoms with Gasteiger partial charge in [0.25, 0.3) is 0 Å². The lowest BCUT2D eigenvalue weighted by Crippen LogP contribution is -2.28. The third kappa shape index (κ3) is 4.74. The molecule has 0 unspecified atom stereocenters. The Morgan fingerprint density at radius 1 is 1.09 bits per heavy atom. The second kappa shape index (κ2) is 9.68. The standard InChI is InChI=1S/C24H22N4O3S2/c1-16(17-9-10-19-20(14-17)31-12-11-30-19)25-22(29)15-33-24-27-26-23(21-8-5-13-32-21)28(24)18-6-3-2-4-7-18/h2-10,13-14,16H,11-12,15H2,1H3,(H,25,29)/t16-/m0/s1. The van der Waals surface area contributed by atoms with E-state index in [1.807, 2.05) is 77.5 Å². The topological polar surface area (TPSA) is 78.3 Å². The van der Waals surface area contributed by atoms with Crippen LogP contribution in [0.3, 0.4) is 0 Å². The molecule has 3 heterocycles. The molecule has 7 nitrogen and oxygen atoms in total. The van der Waals surface area contributed by atoms with Crippen molar-refractivity contribution in [3.05, 3.63) is 71.6 Å². The number of amides is 1. The second-order valence-electron chi connectivity index (χ2n) is 7.44. The van der Waals surface area contributed by atoms with Crippen LogP contribution in [0.1, 0.15) is 18.5 Å². The number of hydrogen-bond acceptors (Lipinski definition) is 7. The lowest BCUT2D eigenvalue weighted by Gasteiger charge is -2.21. The molecule has 0 saturated heterocycles. The zero-order valence-electron chi connectivity index (χ0n) is 17.9. The molecule has 168 valence electrons. The quantitative estimate of drug-likeness (QED) is 0.387. The average Bonchev–Trinajstić information content (AvgIpc) is 3.53. The zero-order valence-corrected chi connectivity index (χ0v) is 19.6. The highest BCUT2D eigenvalue weighted by Crippen LogP contribution is 2.33. The van der Waals surface area contributed by atoms with Crippen LogP contribution in [-0.4, -0.2) is 39.6 Å². The summed E-state index contributed by atoms with van der Waals surface area (Å²) >= 11 is 2.97. The van der Waals surface area contributed by atoms with Crippen LogP contribution in [-0.2, 0) is 4.79 Å². The fraction of sp³-hybridized carbons (Fsp3) is 0.208. The number of nitrogens with one attached hydrogen (secondary N) is 1. The maximum Gasteiger partial charge on any atom is 0.230 e. The van der Waals surface area contributed by atoms with Gasteiger partial charge in [0.2, 0.25) is 5.91 Å². The molecule has 2 aromatic carbocycles. The Morgan fingerprint density at radius 2 is 1.91 bits per heavy atom. The van der Waals surface area contributed by atoms with Crippen LogP contribution < -0.4 is 14.8 Å². The highest BCUT2D eigenvalue weighted by molar-refractivity contribution is 7.99. The van der Waals surface area contributed by atoms with Crippen molar-refractivity contribution in [2.75, 3.05) is 19.0 Å². The average molecular weight is 479 g/mol. The van der Waals surface area contributed by atoms with Gasteiger partial charge in [0, 0.05) is 5.69 Å². The predicted molar refractivity (Wildman–Crippen MR) is 129 cm³/mol. The van der Waals surface area contributed by atoms with E-state index >= 15 is 0 Å². The molecule has 1 aliphatic heterocycles.